The van der Waals surface area contributed by atoms with Gasteiger partial charge in [-0.05, 0) is 85.8 Å². The van der Waals surface area contributed by atoms with E-state index in [0.717, 1.165) is 23.1 Å². The maximum Gasteiger partial charge on any atom is 1.00 e. The minimum atomic E-state index is -1.29. The van der Waals surface area contributed by atoms with Crippen molar-refractivity contribution >= 4 is 29.5 Å². The Labute approximate surface area is 244 Å². The minimum absolute atomic E-state index is 0. The molecular weight excluding hydrogens is 491 g/mol. The number of thioether (sulfide) groups is 1. The summed E-state index contributed by atoms with van der Waals surface area (Å²) in [4.78, 5) is 37.5. The molecular formula is C30H41LiN2O4S. The van der Waals surface area contributed by atoms with Crippen LogP contribution in [0.5, 0.6) is 0 Å². The molecule has 0 aliphatic rings. The Morgan fingerprint density at radius 2 is 1.66 bits per heavy atom. The summed E-state index contributed by atoms with van der Waals surface area (Å²) in [6.45, 7) is 12.5. The fourth-order valence-corrected chi connectivity index (χ4v) is 5.30. The van der Waals surface area contributed by atoms with Crippen LogP contribution in [0.3, 0.4) is 0 Å². The Hall–Kier alpha value is -2.20. The number of hydrogen-bond acceptors (Lipinski definition) is 5. The van der Waals surface area contributed by atoms with Gasteiger partial charge in [-0.1, -0.05) is 57.2 Å². The van der Waals surface area contributed by atoms with Gasteiger partial charge in [0.1, 0.15) is 0 Å². The summed E-state index contributed by atoms with van der Waals surface area (Å²) in [7, 11) is 0. The quantitative estimate of drug-likeness (QED) is 0.404. The first-order chi connectivity index (χ1) is 17.2. The van der Waals surface area contributed by atoms with Crippen molar-refractivity contribution in [3.05, 3.63) is 59.2 Å². The van der Waals surface area contributed by atoms with E-state index in [1.54, 1.807) is 6.07 Å². The average molecular weight is 533 g/mol. The van der Waals surface area contributed by atoms with Crippen molar-refractivity contribution < 1.29 is 38.4 Å². The maximum atomic E-state index is 13.2. The number of rotatable bonds is 12. The molecule has 38 heavy (non-hydrogen) atoms. The number of carboxylic acids is 1. The first-order valence-electron chi connectivity index (χ1n) is 12.7. The predicted octanol–water partition coefficient (Wildman–Crippen LogP) is 1.53. The Morgan fingerprint density at radius 3 is 2.24 bits per heavy atom. The second-order valence-corrected chi connectivity index (χ2v) is 12.5. The summed E-state index contributed by atoms with van der Waals surface area (Å²) in [5.74, 6) is -1.17. The van der Waals surface area contributed by atoms with E-state index in [1.165, 1.54) is 11.8 Å². The fraction of sp³-hybridized carbons (Fsp3) is 0.500. The molecule has 2 N–H and O–H groups in total. The molecule has 2 amide bonds. The molecule has 202 valence electrons. The van der Waals surface area contributed by atoms with Crippen LogP contribution >= 0.6 is 11.8 Å². The Bertz CT molecular complexity index is 1110. The number of nitrogens with one attached hydrogen (secondary N) is 2. The van der Waals surface area contributed by atoms with Gasteiger partial charge in [0.15, 0.2) is 0 Å². The molecule has 0 radical (unpaired) electrons. The van der Waals surface area contributed by atoms with Gasteiger partial charge in [0.2, 0.25) is 5.91 Å². The summed E-state index contributed by atoms with van der Waals surface area (Å²) >= 11 is 1.51. The molecule has 6 nitrogen and oxygen atoms in total. The van der Waals surface area contributed by atoms with Crippen molar-refractivity contribution in [1.29, 1.82) is 0 Å². The summed E-state index contributed by atoms with van der Waals surface area (Å²) in [6.07, 6.45) is 3.88. The van der Waals surface area contributed by atoms with Crippen LogP contribution in [0.1, 0.15) is 75.4 Å². The second-order valence-electron chi connectivity index (χ2n) is 11.5. The van der Waals surface area contributed by atoms with Crippen LogP contribution in [0.4, 0.5) is 0 Å². The van der Waals surface area contributed by atoms with Crippen LogP contribution in [0.2, 0.25) is 0 Å². The number of carbonyl (C=O) groups is 3. The summed E-state index contributed by atoms with van der Waals surface area (Å²) in [6, 6.07) is 12.2. The third kappa shape index (κ3) is 10.9. The van der Waals surface area contributed by atoms with Crippen LogP contribution in [0.25, 0.3) is 11.1 Å². The van der Waals surface area contributed by atoms with Gasteiger partial charge in [0.25, 0.3) is 5.91 Å². The third-order valence-corrected chi connectivity index (χ3v) is 6.70. The van der Waals surface area contributed by atoms with Crippen molar-refractivity contribution in [2.24, 2.45) is 5.41 Å². The largest absolute Gasteiger partial charge is 1.00 e. The van der Waals surface area contributed by atoms with Crippen molar-refractivity contribution in [3.8, 4) is 11.1 Å². The molecule has 0 bridgehead atoms. The van der Waals surface area contributed by atoms with E-state index in [4.69, 9.17) is 0 Å². The topological polar surface area (TPSA) is 98.3 Å². The normalized spacial score (nSPS) is 12.3. The molecule has 0 aromatic heterocycles. The zero-order valence-corrected chi connectivity index (χ0v) is 25.0. The van der Waals surface area contributed by atoms with E-state index in [1.807, 2.05) is 63.4 Å². The molecule has 2 rings (SSSR count). The number of carboxylic acid groups (broad SMARTS) is 1. The van der Waals surface area contributed by atoms with Gasteiger partial charge in [-0.25, -0.2) is 0 Å². The van der Waals surface area contributed by atoms with Crippen LogP contribution < -0.4 is 34.6 Å². The molecule has 2 aromatic rings. The molecule has 8 heteroatoms. The monoisotopic (exact) mass is 532 g/mol. The van der Waals surface area contributed by atoms with Gasteiger partial charge < -0.3 is 20.5 Å². The molecule has 0 heterocycles. The summed E-state index contributed by atoms with van der Waals surface area (Å²) < 4.78 is 0. The molecule has 1 unspecified atom stereocenters. The molecule has 0 saturated heterocycles. The molecule has 0 spiro atoms. The van der Waals surface area contributed by atoms with Gasteiger partial charge in [-0.15, -0.1) is 0 Å². The Balaban J connectivity index is 0.00000722. The number of hydrogen-bond donors (Lipinski definition) is 2. The van der Waals surface area contributed by atoms with Gasteiger partial charge in [-0.2, -0.15) is 11.8 Å². The van der Waals surface area contributed by atoms with Gasteiger partial charge >= 0.3 is 18.9 Å². The minimum Gasteiger partial charge on any atom is -0.548 e. The molecule has 0 saturated carbocycles. The van der Waals surface area contributed by atoms with E-state index in [2.05, 4.69) is 31.4 Å². The van der Waals surface area contributed by atoms with E-state index in [0.29, 0.717) is 29.7 Å². The van der Waals surface area contributed by atoms with E-state index >= 15 is 0 Å². The number of benzene rings is 2. The molecule has 1 atom stereocenters. The van der Waals surface area contributed by atoms with E-state index in [-0.39, 0.29) is 42.1 Å². The number of carbonyl (C=O) groups excluding carboxylic acids is 3. The van der Waals surface area contributed by atoms with Crippen LogP contribution in [-0.4, -0.2) is 41.4 Å². The van der Waals surface area contributed by atoms with Gasteiger partial charge in [0.05, 0.1) is 12.0 Å². The first kappa shape index (κ1) is 33.8. The third-order valence-electron chi connectivity index (χ3n) is 6.06. The number of aliphatic carboxylic acids is 1. The summed E-state index contributed by atoms with van der Waals surface area (Å²) in [5.41, 5.74) is 3.70. The zero-order valence-electron chi connectivity index (χ0n) is 24.2. The standard InChI is InChI=1S/C30H42N2O4S.Li/c1-20-10-8-9-11-22(20)24-18-21(13-15-26(33)32-30(5,6)19-29(2,3)4)12-14-23(24)27(34)31-25(28(35)36)16-17-37-7;/h8-12,14,18,25H,13,15-17,19H2,1-7H3,(H,31,34)(H,32,33)(H,35,36);/q;+1/p-1. The van der Waals surface area contributed by atoms with Crippen molar-refractivity contribution in [2.45, 2.75) is 78.8 Å². The smallest absolute Gasteiger partial charge is 0.548 e. The van der Waals surface area contributed by atoms with Crippen LogP contribution in [0, 0.1) is 12.3 Å². The molecule has 2 aromatic carbocycles. The second kappa shape index (κ2) is 14.8. The predicted molar refractivity (Wildman–Crippen MR) is 150 cm³/mol. The van der Waals surface area contributed by atoms with Gasteiger partial charge in [0, 0.05) is 17.5 Å². The van der Waals surface area contributed by atoms with Crippen molar-refractivity contribution in [2.75, 3.05) is 12.0 Å². The van der Waals surface area contributed by atoms with E-state index in [9.17, 15) is 19.5 Å². The SMILES string of the molecule is CSCCC(NC(=O)c1ccc(CCC(=O)NC(C)(C)CC(C)(C)C)cc1-c1ccccc1C)C(=O)[O-].[Li+]. The van der Waals surface area contributed by atoms with Gasteiger partial charge in [-0.3, -0.25) is 9.59 Å². The molecule has 0 fully saturated rings. The van der Waals surface area contributed by atoms with E-state index < -0.39 is 17.9 Å². The number of aryl methyl sites for hydroxylation is 2. The molecule has 0 aliphatic carbocycles. The summed E-state index contributed by atoms with van der Waals surface area (Å²) in [5, 5.41) is 17.4. The Morgan fingerprint density at radius 1 is 1.00 bits per heavy atom. The van der Waals surface area contributed by atoms with Crippen LogP contribution in [0.15, 0.2) is 42.5 Å². The fourth-order valence-electron chi connectivity index (χ4n) is 4.83. The van der Waals surface area contributed by atoms with Crippen molar-refractivity contribution in [1.82, 2.24) is 10.6 Å². The van der Waals surface area contributed by atoms with Crippen molar-refractivity contribution in [3.63, 3.8) is 0 Å². The molecule has 0 aliphatic heterocycles. The zero-order chi connectivity index (χ0) is 27.8. The van der Waals surface area contributed by atoms with Crippen LogP contribution in [-0.2, 0) is 16.0 Å². The Kier molecular flexibility index (Phi) is 13.2. The number of amides is 2. The maximum absolute atomic E-state index is 13.2. The first-order valence-corrected chi connectivity index (χ1v) is 14.1. The average Bonchev–Trinajstić information content (AvgIpc) is 2.78.